The van der Waals surface area contributed by atoms with Gasteiger partial charge in [-0.1, -0.05) is 24.3 Å². The molecule has 5 nitrogen and oxygen atoms in total. The van der Waals surface area contributed by atoms with Crippen molar-refractivity contribution in [2.75, 3.05) is 0 Å². The van der Waals surface area contributed by atoms with Gasteiger partial charge in [-0.15, -0.1) is 11.3 Å². The van der Waals surface area contributed by atoms with Crippen molar-refractivity contribution in [1.82, 2.24) is 9.88 Å². The Balaban J connectivity index is 1.88. The molecular formula is C17H18N2O3S. The Morgan fingerprint density at radius 3 is 2.65 bits per heavy atom. The van der Waals surface area contributed by atoms with Gasteiger partial charge in [0, 0.05) is 17.0 Å². The summed E-state index contributed by atoms with van der Waals surface area (Å²) >= 11 is 1.41. The smallest absolute Gasteiger partial charge is 0.326 e. The predicted molar refractivity (Wildman–Crippen MR) is 88.6 cm³/mol. The van der Waals surface area contributed by atoms with Crippen molar-refractivity contribution in [3.63, 3.8) is 0 Å². The van der Waals surface area contributed by atoms with E-state index in [-0.39, 0.29) is 11.9 Å². The largest absolute Gasteiger partial charge is 0.480 e. The summed E-state index contributed by atoms with van der Waals surface area (Å²) in [6.07, 6.45) is 1.72. The van der Waals surface area contributed by atoms with E-state index >= 15 is 0 Å². The molecule has 0 bridgehead atoms. The molecule has 1 heterocycles. The Labute approximate surface area is 138 Å². The van der Waals surface area contributed by atoms with Gasteiger partial charge in [-0.3, -0.25) is 4.79 Å². The molecule has 1 aliphatic carbocycles. The Kier molecular flexibility index (Phi) is 4.17. The number of amides is 1. The summed E-state index contributed by atoms with van der Waals surface area (Å²) in [6.45, 7) is 3.55. The standard InChI is InChI=1S/C17H18N2O3S/c1-10-5-3-4-6-13(10)15-18-14(9-23-15)16(20)19(12-7-8-12)11(2)17(21)22/h3-6,9,11-12H,7-8H2,1-2H3,(H,21,22). The van der Waals surface area contributed by atoms with Crippen LogP contribution in [0, 0.1) is 6.92 Å². The zero-order chi connectivity index (χ0) is 16.6. The van der Waals surface area contributed by atoms with E-state index in [1.165, 1.54) is 16.2 Å². The lowest BCUT2D eigenvalue weighted by Gasteiger charge is -2.25. The van der Waals surface area contributed by atoms with E-state index in [2.05, 4.69) is 4.98 Å². The van der Waals surface area contributed by atoms with Gasteiger partial charge in [0.25, 0.3) is 5.91 Å². The first-order chi connectivity index (χ1) is 11.0. The molecule has 1 aromatic carbocycles. The molecule has 0 saturated heterocycles. The third-order valence-corrected chi connectivity index (χ3v) is 4.92. The summed E-state index contributed by atoms with van der Waals surface area (Å²) < 4.78 is 0. The number of carboxylic acid groups (broad SMARTS) is 1. The van der Waals surface area contributed by atoms with E-state index in [0.29, 0.717) is 5.69 Å². The minimum absolute atomic E-state index is 0.0252. The van der Waals surface area contributed by atoms with Crippen LogP contribution in [0.1, 0.15) is 35.8 Å². The quantitative estimate of drug-likeness (QED) is 0.914. The van der Waals surface area contributed by atoms with Crippen LogP contribution >= 0.6 is 11.3 Å². The van der Waals surface area contributed by atoms with Gasteiger partial charge in [-0.25, -0.2) is 9.78 Å². The first kappa shape index (κ1) is 15.7. The molecule has 23 heavy (non-hydrogen) atoms. The fraction of sp³-hybridized carbons (Fsp3) is 0.353. The fourth-order valence-electron chi connectivity index (χ4n) is 2.57. The molecule has 1 atom stereocenters. The second-order valence-electron chi connectivity index (χ2n) is 5.81. The molecule has 3 rings (SSSR count). The highest BCUT2D eigenvalue weighted by Gasteiger charge is 2.39. The van der Waals surface area contributed by atoms with E-state index in [0.717, 1.165) is 29.0 Å². The maximum absolute atomic E-state index is 12.7. The Hall–Kier alpha value is -2.21. The van der Waals surface area contributed by atoms with Crippen molar-refractivity contribution in [3.05, 3.63) is 40.9 Å². The van der Waals surface area contributed by atoms with Crippen molar-refractivity contribution in [1.29, 1.82) is 0 Å². The van der Waals surface area contributed by atoms with Crippen LogP contribution in [0.5, 0.6) is 0 Å². The molecule has 1 aromatic heterocycles. The molecule has 6 heteroatoms. The number of aryl methyl sites for hydroxylation is 1. The molecule has 2 aromatic rings. The number of hydrogen-bond acceptors (Lipinski definition) is 4. The highest BCUT2D eigenvalue weighted by molar-refractivity contribution is 7.13. The monoisotopic (exact) mass is 330 g/mol. The second kappa shape index (κ2) is 6.12. The number of thiazole rings is 1. The van der Waals surface area contributed by atoms with Gasteiger partial charge < -0.3 is 10.0 Å². The molecule has 1 fully saturated rings. The average Bonchev–Trinajstić information content (AvgIpc) is 3.23. The van der Waals surface area contributed by atoms with Crippen LogP contribution in [-0.2, 0) is 4.79 Å². The van der Waals surface area contributed by atoms with Crippen molar-refractivity contribution in [3.8, 4) is 10.6 Å². The number of carbonyl (C=O) groups is 2. The van der Waals surface area contributed by atoms with Gasteiger partial charge >= 0.3 is 5.97 Å². The first-order valence-corrected chi connectivity index (χ1v) is 8.44. The molecule has 1 N–H and O–H groups in total. The van der Waals surface area contributed by atoms with Crippen LogP contribution in [0.25, 0.3) is 10.6 Å². The minimum Gasteiger partial charge on any atom is -0.480 e. The van der Waals surface area contributed by atoms with Gasteiger partial charge in [0.2, 0.25) is 0 Å². The van der Waals surface area contributed by atoms with Crippen LogP contribution in [0.4, 0.5) is 0 Å². The lowest BCUT2D eigenvalue weighted by molar-refractivity contribution is -0.141. The lowest BCUT2D eigenvalue weighted by atomic mass is 10.1. The number of rotatable bonds is 5. The minimum atomic E-state index is -0.986. The van der Waals surface area contributed by atoms with Crippen LogP contribution < -0.4 is 0 Å². The zero-order valence-electron chi connectivity index (χ0n) is 13.0. The molecule has 1 aliphatic rings. The number of hydrogen-bond donors (Lipinski definition) is 1. The number of benzene rings is 1. The highest BCUT2D eigenvalue weighted by atomic mass is 32.1. The van der Waals surface area contributed by atoms with Crippen molar-refractivity contribution < 1.29 is 14.7 Å². The topological polar surface area (TPSA) is 70.5 Å². The summed E-state index contributed by atoms with van der Waals surface area (Å²) in [5, 5.41) is 11.7. The van der Waals surface area contributed by atoms with Crippen LogP contribution in [0.2, 0.25) is 0 Å². The molecule has 1 saturated carbocycles. The van der Waals surface area contributed by atoms with E-state index < -0.39 is 12.0 Å². The molecule has 0 spiro atoms. The summed E-state index contributed by atoms with van der Waals surface area (Å²) in [6, 6.07) is 7.06. The van der Waals surface area contributed by atoms with Crippen LogP contribution in [-0.4, -0.2) is 39.0 Å². The molecule has 1 amide bonds. The van der Waals surface area contributed by atoms with E-state index in [1.54, 1.807) is 12.3 Å². The molecule has 1 unspecified atom stereocenters. The number of aromatic nitrogens is 1. The maximum Gasteiger partial charge on any atom is 0.326 e. The third-order valence-electron chi connectivity index (χ3n) is 4.05. The number of nitrogens with zero attached hydrogens (tertiary/aromatic N) is 2. The number of aliphatic carboxylic acids is 1. The van der Waals surface area contributed by atoms with Crippen molar-refractivity contribution in [2.45, 2.75) is 38.8 Å². The van der Waals surface area contributed by atoms with Crippen molar-refractivity contribution in [2.24, 2.45) is 0 Å². The summed E-state index contributed by atoms with van der Waals surface area (Å²) in [5.74, 6) is -1.28. The Bertz CT molecular complexity index is 752. The number of carboxylic acids is 1. The molecule has 0 radical (unpaired) electrons. The summed E-state index contributed by atoms with van der Waals surface area (Å²) in [7, 11) is 0. The van der Waals surface area contributed by atoms with Crippen molar-refractivity contribution >= 4 is 23.2 Å². The normalized spacial score (nSPS) is 15.2. The van der Waals surface area contributed by atoms with Gasteiger partial charge in [0.15, 0.2) is 0 Å². The van der Waals surface area contributed by atoms with E-state index in [9.17, 15) is 14.7 Å². The van der Waals surface area contributed by atoms with Crippen LogP contribution in [0.15, 0.2) is 29.6 Å². The van der Waals surface area contributed by atoms with Gasteiger partial charge in [0.1, 0.15) is 16.7 Å². The van der Waals surface area contributed by atoms with Gasteiger partial charge in [0.05, 0.1) is 0 Å². The Morgan fingerprint density at radius 2 is 2.04 bits per heavy atom. The SMILES string of the molecule is Cc1ccccc1-c1nc(C(=O)N(C2CC2)C(C)C(=O)O)cs1. The summed E-state index contributed by atoms with van der Waals surface area (Å²) in [5.41, 5.74) is 2.42. The Morgan fingerprint density at radius 1 is 1.35 bits per heavy atom. The molecule has 120 valence electrons. The number of carbonyl (C=O) groups excluding carboxylic acids is 1. The summed E-state index contributed by atoms with van der Waals surface area (Å²) in [4.78, 5) is 29.9. The first-order valence-electron chi connectivity index (χ1n) is 7.56. The van der Waals surface area contributed by atoms with E-state index in [1.807, 2.05) is 31.2 Å². The lowest BCUT2D eigenvalue weighted by Crippen LogP contribution is -2.44. The fourth-order valence-corrected chi connectivity index (χ4v) is 3.45. The van der Waals surface area contributed by atoms with Gasteiger partial charge in [-0.05, 0) is 32.3 Å². The van der Waals surface area contributed by atoms with Crippen LogP contribution in [0.3, 0.4) is 0 Å². The predicted octanol–water partition coefficient (Wildman–Crippen LogP) is 3.20. The van der Waals surface area contributed by atoms with E-state index in [4.69, 9.17) is 0 Å². The molecular weight excluding hydrogens is 312 g/mol. The second-order valence-corrected chi connectivity index (χ2v) is 6.67. The zero-order valence-corrected chi connectivity index (χ0v) is 13.8. The average molecular weight is 330 g/mol. The highest BCUT2D eigenvalue weighted by Crippen LogP contribution is 2.32. The van der Waals surface area contributed by atoms with Gasteiger partial charge in [-0.2, -0.15) is 0 Å². The maximum atomic E-state index is 12.7. The molecule has 0 aliphatic heterocycles. The third kappa shape index (κ3) is 3.12.